The van der Waals surface area contributed by atoms with E-state index in [1.807, 2.05) is 24.3 Å². The average molecular weight is 444 g/mol. The van der Waals surface area contributed by atoms with E-state index in [4.69, 9.17) is 4.84 Å². The van der Waals surface area contributed by atoms with Crippen molar-refractivity contribution in [2.24, 2.45) is 10.1 Å². The van der Waals surface area contributed by atoms with Crippen molar-refractivity contribution in [3.63, 3.8) is 0 Å². The van der Waals surface area contributed by atoms with Gasteiger partial charge in [0.25, 0.3) is 0 Å². The van der Waals surface area contributed by atoms with Crippen molar-refractivity contribution in [3.05, 3.63) is 59.4 Å². The number of fused-ring (bicyclic) bond motifs is 2. The average Bonchev–Trinajstić information content (AvgIpc) is 3.28. The van der Waals surface area contributed by atoms with E-state index in [1.165, 1.54) is 12.1 Å². The highest BCUT2D eigenvalue weighted by Gasteiger charge is 2.29. The maximum absolute atomic E-state index is 13.9. The fraction of sp³-hybridized carbons (Fsp3) is 0.273. The first-order valence-electron chi connectivity index (χ1n) is 10.0. The van der Waals surface area contributed by atoms with Gasteiger partial charge in [-0.15, -0.1) is 12.4 Å². The highest BCUT2D eigenvalue weighted by molar-refractivity contribution is 6.58. The summed E-state index contributed by atoms with van der Waals surface area (Å²) in [5.41, 5.74) is 3.60. The molecule has 0 spiro atoms. The number of para-hydroxylation sites is 1. The van der Waals surface area contributed by atoms with Gasteiger partial charge >= 0.3 is 0 Å². The molecule has 1 aromatic heterocycles. The quantitative estimate of drug-likeness (QED) is 0.417. The third kappa shape index (κ3) is 4.14. The van der Waals surface area contributed by atoms with Crippen molar-refractivity contribution in [2.45, 2.75) is 0 Å². The van der Waals surface area contributed by atoms with Gasteiger partial charge in [0.1, 0.15) is 23.8 Å². The molecular weight excluding hydrogens is 421 g/mol. The Hall–Kier alpha value is -2.94. The number of piperazine rings is 1. The minimum Gasteiger partial charge on any atom is -0.494 e. The van der Waals surface area contributed by atoms with Gasteiger partial charge in [0, 0.05) is 49.2 Å². The lowest BCUT2D eigenvalue weighted by Gasteiger charge is -2.26. The molecule has 162 valence electrons. The van der Waals surface area contributed by atoms with Crippen molar-refractivity contribution in [3.8, 4) is 5.88 Å². The smallest absolute Gasteiger partial charge is 0.199 e. The molecule has 1 saturated heterocycles. The highest BCUT2D eigenvalue weighted by Crippen LogP contribution is 2.35. The van der Waals surface area contributed by atoms with Gasteiger partial charge in [-0.2, -0.15) is 0 Å². The molecular formula is C22H23ClFN5O2. The van der Waals surface area contributed by atoms with Gasteiger partial charge in [0.05, 0.1) is 11.3 Å². The van der Waals surface area contributed by atoms with Crippen molar-refractivity contribution in [2.75, 3.05) is 39.3 Å². The molecule has 0 unspecified atom stereocenters. The molecule has 3 heterocycles. The second kappa shape index (κ2) is 9.05. The van der Waals surface area contributed by atoms with E-state index in [0.29, 0.717) is 34.5 Å². The number of aromatic amines is 1. The van der Waals surface area contributed by atoms with Crippen LogP contribution in [-0.4, -0.2) is 65.7 Å². The summed E-state index contributed by atoms with van der Waals surface area (Å²) in [5.74, 6) is -0.458. The van der Waals surface area contributed by atoms with Crippen LogP contribution in [-0.2, 0) is 4.84 Å². The summed E-state index contributed by atoms with van der Waals surface area (Å²) in [6, 6.07) is 11.9. The number of nitrogens with one attached hydrogen (secondary N) is 2. The van der Waals surface area contributed by atoms with Gasteiger partial charge < -0.3 is 20.2 Å². The number of halogens is 2. The Bertz CT molecular complexity index is 1150. The second-order valence-corrected chi connectivity index (χ2v) is 7.38. The maximum atomic E-state index is 13.9. The molecule has 3 aromatic rings. The van der Waals surface area contributed by atoms with Crippen LogP contribution >= 0.6 is 12.4 Å². The molecule has 0 amide bonds. The molecule has 0 radical (unpaired) electrons. The molecule has 2 aromatic carbocycles. The van der Waals surface area contributed by atoms with Gasteiger partial charge in [0.15, 0.2) is 5.88 Å². The summed E-state index contributed by atoms with van der Waals surface area (Å²) >= 11 is 0. The molecule has 0 aliphatic carbocycles. The van der Waals surface area contributed by atoms with Crippen LogP contribution in [0, 0.1) is 5.82 Å². The molecule has 3 N–H and O–H groups in total. The fourth-order valence-electron chi connectivity index (χ4n) is 3.94. The molecule has 0 atom stereocenters. The van der Waals surface area contributed by atoms with Gasteiger partial charge in [-0.25, -0.2) is 9.38 Å². The number of aromatic nitrogens is 1. The zero-order valence-electron chi connectivity index (χ0n) is 16.8. The van der Waals surface area contributed by atoms with Crippen LogP contribution in [0.1, 0.15) is 11.1 Å². The number of rotatable bonds is 5. The molecule has 2 aliphatic rings. The summed E-state index contributed by atoms with van der Waals surface area (Å²) in [6.07, 6.45) is 0. The first-order valence-corrected chi connectivity index (χ1v) is 10.0. The van der Waals surface area contributed by atoms with Gasteiger partial charge in [0.2, 0.25) is 0 Å². The van der Waals surface area contributed by atoms with Crippen LogP contribution in [0.3, 0.4) is 0 Å². The number of hydrogen-bond donors (Lipinski definition) is 3. The molecule has 7 nitrogen and oxygen atoms in total. The maximum Gasteiger partial charge on any atom is 0.199 e. The topological polar surface area (TPSA) is 85.2 Å². The zero-order chi connectivity index (χ0) is 20.5. The lowest BCUT2D eigenvalue weighted by Crippen LogP contribution is -2.44. The Morgan fingerprint density at radius 2 is 1.97 bits per heavy atom. The van der Waals surface area contributed by atoms with E-state index in [0.717, 1.165) is 44.0 Å². The van der Waals surface area contributed by atoms with Crippen molar-refractivity contribution >= 4 is 40.4 Å². The minimum absolute atomic E-state index is 0. The Morgan fingerprint density at radius 3 is 2.81 bits per heavy atom. The number of hydrogen-bond acceptors (Lipinski definition) is 6. The van der Waals surface area contributed by atoms with E-state index in [2.05, 4.69) is 25.3 Å². The van der Waals surface area contributed by atoms with Gasteiger partial charge in [-0.05, 0) is 24.3 Å². The van der Waals surface area contributed by atoms with Crippen LogP contribution in [0.4, 0.5) is 10.1 Å². The Labute approximate surface area is 185 Å². The van der Waals surface area contributed by atoms with Crippen molar-refractivity contribution < 1.29 is 14.3 Å². The van der Waals surface area contributed by atoms with E-state index in [9.17, 15) is 9.50 Å². The summed E-state index contributed by atoms with van der Waals surface area (Å²) in [5, 5.41) is 18.8. The third-order valence-corrected chi connectivity index (χ3v) is 5.46. The van der Waals surface area contributed by atoms with E-state index >= 15 is 0 Å². The molecule has 5 rings (SSSR count). The predicted octanol–water partition coefficient (Wildman–Crippen LogP) is 3.19. The number of benzene rings is 2. The van der Waals surface area contributed by atoms with Gasteiger partial charge in [-0.3, -0.25) is 4.90 Å². The number of aliphatic imine (C=N–C) groups is 1. The lowest BCUT2D eigenvalue weighted by atomic mass is 10.0. The van der Waals surface area contributed by atoms with Gasteiger partial charge in [-0.1, -0.05) is 23.4 Å². The van der Waals surface area contributed by atoms with Crippen molar-refractivity contribution in [1.82, 2.24) is 15.2 Å². The van der Waals surface area contributed by atoms with E-state index in [1.54, 1.807) is 6.07 Å². The van der Waals surface area contributed by atoms with Crippen LogP contribution in [0.25, 0.3) is 10.9 Å². The third-order valence-electron chi connectivity index (χ3n) is 5.46. The van der Waals surface area contributed by atoms with E-state index < -0.39 is 0 Å². The van der Waals surface area contributed by atoms with Crippen molar-refractivity contribution in [1.29, 1.82) is 0 Å². The van der Waals surface area contributed by atoms with E-state index in [-0.39, 0.29) is 24.1 Å². The number of aromatic hydroxyl groups is 1. The summed E-state index contributed by atoms with van der Waals surface area (Å²) in [4.78, 5) is 15.5. The minimum atomic E-state index is -0.385. The molecule has 31 heavy (non-hydrogen) atoms. The highest BCUT2D eigenvalue weighted by atomic mass is 35.5. The number of H-pyrrole nitrogens is 1. The molecule has 0 bridgehead atoms. The normalized spacial score (nSPS) is 17.5. The fourth-order valence-corrected chi connectivity index (χ4v) is 3.94. The molecule has 2 aliphatic heterocycles. The molecule has 9 heteroatoms. The van der Waals surface area contributed by atoms with Crippen LogP contribution in [0.2, 0.25) is 0 Å². The lowest BCUT2D eigenvalue weighted by molar-refractivity contribution is 0.106. The van der Waals surface area contributed by atoms with Crippen LogP contribution in [0.15, 0.2) is 52.6 Å². The summed E-state index contributed by atoms with van der Waals surface area (Å²) in [7, 11) is 0. The molecule has 0 saturated carbocycles. The first-order chi connectivity index (χ1) is 14.7. The molecule has 1 fully saturated rings. The zero-order valence-corrected chi connectivity index (χ0v) is 17.6. The van der Waals surface area contributed by atoms with Crippen LogP contribution in [0.5, 0.6) is 5.88 Å². The summed E-state index contributed by atoms with van der Waals surface area (Å²) in [6.45, 7) is 5.18. The predicted molar refractivity (Wildman–Crippen MR) is 122 cm³/mol. The monoisotopic (exact) mass is 443 g/mol. The summed E-state index contributed by atoms with van der Waals surface area (Å²) < 4.78 is 13.9. The Kier molecular flexibility index (Phi) is 6.22. The largest absolute Gasteiger partial charge is 0.494 e. The second-order valence-electron chi connectivity index (χ2n) is 7.38. The Morgan fingerprint density at radius 1 is 1.16 bits per heavy atom. The standard InChI is InChI=1S/C22H22FN5O2.ClH/c23-14-5-6-18-16(13-14)19(22(29)26-18)21-20(15-3-1-2-4-17(15)25-21)27-30-12-11-28-9-7-24-8-10-28;/h1-6,13,24,26,29H,7-12H2;1H. The van der Waals surface area contributed by atoms with Crippen LogP contribution < -0.4 is 5.32 Å². The Balaban J connectivity index is 0.00000231. The first kappa shape index (κ1) is 21.3. The SMILES string of the molecule is Cl.Oc1[nH]c2ccc(F)cc2c1C1=Nc2ccccc2C1=NOCCN1CCNCC1. The number of nitrogens with zero attached hydrogens (tertiary/aromatic N) is 3. The number of oxime groups is 1.